The summed E-state index contributed by atoms with van der Waals surface area (Å²) < 4.78 is 43.2. The number of esters is 2. The van der Waals surface area contributed by atoms with Crippen molar-refractivity contribution in [1.29, 1.82) is 0 Å². The Hall–Kier alpha value is 0.260. The molecule has 2 unspecified atom stereocenters. The lowest BCUT2D eigenvalue weighted by Gasteiger charge is -2.19. The van der Waals surface area contributed by atoms with Gasteiger partial charge in [-0.15, -0.1) is 0 Å². The number of hydrogen-bond donors (Lipinski definition) is 1. The van der Waals surface area contributed by atoms with Crippen molar-refractivity contribution < 1.29 is 32.0 Å². The summed E-state index contributed by atoms with van der Waals surface area (Å²) in [5, 5.41) is 0. The zero-order valence-corrected chi connectivity index (χ0v) is 22.0. The number of carbonyl (C=O) groups is 2. The number of rotatable bonds is 8. The molecule has 1 aliphatic carbocycles. The van der Waals surface area contributed by atoms with Crippen LogP contribution in [0.3, 0.4) is 0 Å². The highest BCUT2D eigenvalue weighted by molar-refractivity contribution is 14.1. The third-order valence-electron chi connectivity index (χ3n) is 4.49. The van der Waals surface area contributed by atoms with Crippen LogP contribution in [0, 0.1) is 22.5 Å². The van der Waals surface area contributed by atoms with Crippen LogP contribution >= 0.6 is 67.8 Å². The lowest BCUT2D eigenvalue weighted by Crippen LogP contribution is -2.22. The molecule has 1 fully saturated rings. The van der Waals surface area contributed by atoms with Gasteiger partial charge in [0.25, 0.3) is 10.1 Å². The van der Waals surface area contributed by atoms with Gasteiger partial charge in [-0.2, -0.15) is 8.42 Å². The second-order valence-electron chi connectivity index (χ2n) is 6.51. The van der Waals surface area contributed by atoms with Crippen molar-refractivity contribution >= 4 is 89.8 Å². The first-order chi connectivity index (χ1) is 13.1. The van der Waals surface area contributed by atoms with Gasteiger partial charge in [0.2, 0.25) is 0 Å². The molecule has 0 aliphatic heterocycles. The van der Waals surface area contributed by atoms with Crippen molar-refractivity contribution in [2.75, 3.05) is 19.0 Å². The first-order valence-corrected chi connectivity index (χ1v) is 13.3. The summed E-state index contributed by atoms with van der Waals surface area (Å²) in [6.07, 6.45) is 2.77. The summed E-state index contributed by atoms with van der Waals surface area (Å²) in [6, 6.07) is 3.78. The van der Waals surface area contributed by atoms with Gasteiger partial charge in [-0.3, -0.25) is 9.35 Å². The molecule has 0 aromatic heterocycles. The molecular formula is C17H19I3O7S. The fourth-order valence-corrected chi connectivity index (χ4v) is 5.77. The summed E-state index contributed by atoms with van der Waals surface area (Å²) in [6.45, 7) is -0.131. The van der Waals surface area contributed by atoms with Gasteiger partial charge in [0.05, 0.1) is 12.2 Å². The first-order valence-electron chi connectivity index (χ1n) is 8.49. The molecule has 7 nitrogen and oxygen atoms in total. The Balaban J connectivity index is 1.86. The third kappa shape index (κ3) is 7.83. The van der Waals surface area contributed by atoms with Crippen molar-refractivity contribution in [2.45, 2.75) is 25.7 Å². The third-order valence-corrected chi connectivity index (χ3v) is 8.84. The molecule has 1 aliphatic rings. The molecule has 0 spiro atoms. The van der Waals surface area contributed by atoms with E-state index in [9.17, 15) is 18.0 Å². The molecule has 0 bridgehead atoms. The van der Waals surface area contributed by atoms with Gasteiger partial charge in [-0.05, 0) is 105 Å². The minimum atomic E-state index is -4.15. The van der Waals surface area contributed by atoms with E-state index in [0.29, 0.717) is 5.56 Å². The highest BCUT2D eigenvalue weighted by Crippen LogP contribution is 2.35. The van der Waals surface area contributed by atoms with Crippen LogP contribution in [0.4, 0.5) is 0 Å². The number of hydrogen-bond acceptors (Lipinski definition) is 6. The van der Waals surface area contributed by atoms with E-state index < -0.39 is 21.8 Å². The molecular weight excluding hydrogens is 729 g/mol. The lowest BCUT2D eigenvalue weighted by molar-refractivity contribution is -0.144. The molecule has 0 amide bonds. The van der Waals surface area contributed by atoms with Gasteiger partial charge in [-0.1, -0.05) is 6.42 Å². The molecule has 0 radical (unpaired) electrons. The predicted molar refractivity (Wildman–Crippen MR) is 128 cm³/mol. The van der Waals surface area contributed by atoms with Gasteiger partial charge in [-0.25, -0.2) is 4.79 Å². The normalized spacial score (nSPS) is 19.4. The van der Waals surface area contributed by atoms with E-state index in [2.05, 4.69) is 67.8 Å². The average Bonchev–Trinajstić information content (AvgIpc) is 3.01. The Kier molecular flexibility index (Phi) is 9.67. The Bertz CT molecular complexity index is 841. The van der Waals surface area contributed by atoms with Gasteiger partial charge in [0.15, 0.2) is 0 Å². The van der Waals surface area contributed by atoms with Crippen molar-refractivity contribution in [3.05, 3.63) is 28.4 Å². The first kappa shape index (κ1) is 24.5. The molecule has 1 aromatic rings. The maximum atomic E-state index is 12.5. The van der Waals surface area contributed by atoms with Crippen molar-refractivity contribution in [2.24, 2.45) is 11.8 Å². The van der Waals surface area contributed by atoms with Crippen LogP contribution in [0.1, 0.15) is 36.0 Å². The maximum absolute atomic E-state index is 12.5. The van der Waals surface area contributed by atoms with Crippen molar-refractivity contribution in [1.82, 2.24) is 0 Å². The molecule has 2 rings (SSSR count). The van der Waals surface area contributed by atoms with E-state index in [1.54, 1.807) is 6.07 Å². The molecule has 1 saturated carbocycles. The number of halogens is 3. The molecule has 2 atom stereocenters. The smallest absolute Gasteiger partial charge is 0.339 e. The van der Waals surface area contributed by atoms with Gasteiger partial charge < -0.3 is 9.47 Å². The van der Waals surface area contributed by atoms with E-state index in [-0.39, 0.29) is 37.4 Å². The fourth-order valence-electron chi connectivity index (χ4n) is 3.10. The number of benzene rings is 1. The number of ether oxygens (including phenoxy) is 2. The summed E-state index contributed by atoms with van der Waals surface area (Å²) in [5.41, 5.74) is 0.538. The standard InChI is InChI=1S/C17H19I3O7S/c18-12-7-13(16(20)14(19)8-12)17(22)27-9-11-3-1-2-10(11)6-15(21)26-4-5-28(23,24)25/h7-8,10-11H,1-6,9H2,(H,23,24,25). The fraction of sp³-hybridized carbons (Fsp3) is 0.529. The van der Waals surface area contributed by atoms with Crippen LogP contribution in [0.15, 0.2) is 12.1 Å². The Morgan fingerprint density at radius 3 is 2.46 bits per heavy atom. The van der Waals surface area contributed by atoms with Crippen LogP contribution < -0.4 is 0 Å². The maximum Gasteiger partial charge on any atom is 0.339 e. The second-order valence-corrected chi connectivity index (χ2v) is 11.6. The Labute approximate surface area is 204 Å². The highest BCUT2D eigenvalue weighted by atomic mass is 127. The minimum Gasteiger partial charge on any atom is -0.464 e. The number of carbonyl (C=O) groups excluding carboxylic acids is 2. The van der Waals surface area contributed by atoms with E-state index >= 15 is 0 Å². The lowest BCUT2D eigenvalue weighted by atomic mass is 9.94. The van der Waals surface area contributed by atoms with Crippen LogP contribution in [0.2, 0.25) is 0 Å². The average molecular weight is 748 g/mol. The molecule has 11 heteroatoms. The molecule has 0 saturated heterocycles. The SMILES string of the molecule is O=C(CC1CCCC1COC(=O)c1cc(I)cc(I)c1I)OCCS(=O)(=O)O. The van der Waals surface area contributed by atoms with Gasteiger partial charge >= 0.3 is 11.9 Å². The van der Waals surface area contributed by atoms with Crippen molar-refractivity contribution in [3.63, 3.8) is 0 Å². The summed E-state index contributed by atoms with van der Waals surface area (Å²) in [5.74, 6) is -1.40. The van der Waals surface area contributed by atoms with E-state index in [0.717, 1.165) is 30.0 Å². The summed E-state index contributed by atoms with van der Waals surface area (Å²) in [4.78, 5) is 24.4. The monoisotopic (exact) mass is 748 g/mol. The topological polar surface area (TPSA) is 107 Å². The zero-order valence-electron chi connectivity index (χ0n) is 14.7. The summed E-state index contributed by atoms with van der Waals surface area (Å²) in [7, 11) is -4.15. The second kappa shape index (κ2) is 11.0. The Morgan fingerprint density at radius 1 is 1.11 bits per heavy atom. The molecule has 1 N–H and O–H groups in total. The largest absolute Gasteiger partial charge is 0.464 e. The van der Waals surface area contributed by atoms with Crippen LogP contribution in [0.5, 0.6) is 0 Å². The zero-order chi connectivity index (χ0) is 20.9. The van der Waals surface area contributed by atoms with Gasteiger partial charge in [0.1, 0.15) is 12.4 Å². The van der Waals surface area contributed by atoms with E-state index in [1.807, 2.05) is 6.07 Å². The molecule has 28 heavy (non-hydrogen) atoms. The predicted octanol–water partition coefficient (Wildman–Crippen LogP) is 3.89. The van der Waals surface area contributed by atoms with Crippen LogP contribution in [-0.4, -0.2) is 43.9 Å². The molecule has 0 heterocycles. The van der Waals surface area contributed by atoms with Crippen molar-refractivity contribution in [3.8, 4) is 0 Å². The minimum absolute atomic E-state index is 0.0288. The summed E-state index contributed by atoms with van der Waals surface area (Å²) >= 11 is 6.47. The Morgan fingerprint density at radius 2 is 1.79 bits per heavy atom. The van der Waals surface area contributed by atoms with Crippen LogP contribution in [-0.2, 0) is 24.4 Å². The highest BCUT2D eigenvalue weighted by Gasteiger charge is 2.31. The molecule has 1 aromatic carbocycles. The van der Waals surface area contributed by atoms with Crippen LogP contribution in [0.25, 0.3) is 0 Å². The van der Waals surface area contributed by atoms with Gasteiger partial charge in [0, 0.05) is 17.1 Å². The van der Waals surface area contributed by atoms with E-state index in [1.165, 1.54) is 0 Å². The molecule has 156 valence electrons. The van der Waals surface area contributed by atoms with E-state index in [4.69, 9.17) is 14.0 Å². The quantitative estimate of drug-likeness (QED) is 0.186.